The first-order valence-electron chi connectivity index (χ1n) is 7.63. The van der Waals surface area contributed by atoms with Gasteiger partial charge in [-0.05, 0) is 25.5 Å². The number of nitro groups is 2. The summed E-state index contributed by atoms with van der Waals surface area (Å²) in [6.45, 7) is 2.04. The summed E-state index contributed by atoms with van der Waals surface area (Å²) < 4.78 is 5.61. The summed E-state index contributed by atoms with van der Waals surface area (Å²) in [6, 6.07) is 3.37. The van der Waals surface area contributed by atoms with Crippen molar-refractivity contribution in [3.63, 3.8) is 0 Å². The third kappa shape index (κ3) is 3.21. The largest absolute Gasteiger partial charge is 0.497 e. The van der Waals surface area contributed by atoms with Crippen LogP contribution >= 0.6 is 0 Å². The summed E-state index contributed by atoms with van der Waals surface area (Å²) in [6.07, 6.45) is 8.85. The number of allylic oxidation sites excluding steroid dienone is 1. The van der Waals surface area contributed by atoms with E-state index >= 15 is 0 Å². The highest BCUT2D eigenvalue weighted by molar-refractivity contribution is 5.74. The van der Waals surface area contributed by atoms with Crippen molar-refractivity contribution in [1.82, 2.24) is 0 Å². The van der Waals surface area contributed by atoms with Gasteiger partial charge in [0.05, 0.1) is 27.6 Å². The predicted molar refractivity (Wildman–Crippen MR) is 91.3 cm³/mol. The molecule has 0 unspecified atom stereocenters. The van der Waals surface area contributed by atoms with E-state index in [1.807, 2.05) is 13.0 Å². The maximum atomic E-state index is 11.1. The molecule has 1 N–H and O–H groups in total. The smallest absolute Gasteiger partial charge is 0.301 e. The fourth-order valence-electron chi connectivity index (χ4n) is 2.94. The number of hydrogen-bond acceptors (Lipinski definition) is 7. The Bertz CT molecular complexity index is 817. The average Bonchev–Trinajstić information content (AvgIpc) is 2.98. The lowest BCUT2D eigenvalue weighted by molar-refractivity contribution is -0.393. The fourth-order valence-corrected chi connectivity index (χ4v) is 2.94. The lowest BCUT2D eigenvalue weighted by Crippen LogP contribution is -2.35. The van der Waals surface area contributed by atoms with Gasteiger partial charge < -0.3 is 4.74 Å². The predicted octanol–water partition coefficient (Wildman–Crippen LogP) is 3.54. The van der Waals surface area contributed by atoms with Crippen molar-refractivity contribution in [2.24, 2.45) is 10.5 Å². The second-order valence-corrected chi connectivity index (χ2v) is 6.08. The second-order valence-electron chi connectivity index (χ2n) is 6.08. The van der Waals surface area contributed by atoms with Gasteiger partial charge in [0.1, 0.15) is 11.8 Å². The number of nitrogens with one attached hydrogen (secondary N) is 1. The molecule has 0 aromatic heterocycles. The molecule has 0 saturated carbocycles. The lowest BCUT2D eigenvalue weighted by Gasteiger charge is -2.32. The molecule has 1 aliphatic heterocycles. The number of nitro benzene ring substituents is 2. The standard InChI is InChI=1S/C16H16N4O5/c1-11-4-5-16(6-7-25-15(16)8-11)10-17-18-13-3-2-12(19(21)22)9-14(13)20(23)24/h2-4,6-7,9-10,15,18H,5,8H2,1H3/b17-10+/t15-,16-/m0/s1. The molecule has 0 fully saturated rings. The van der Waals surface area contributed by atoms with Crippen molar-refractivity contribution in [3.05, 3.63) is 62.4 Å². The fraction of sp³-hybridized carbons (Fsp3) is 0.312. The lowest BCUT2D eigenvalue weighted by atomic mass is 9.75. The first-order chi connectivity index (χ1) is 11.9. The number of rotatable bonds is 5. The van der Waals surface area contributed by atoms with Crippen LogP contribution in [-0.4, -0.2) is 22.2 Å². The van der Waals surface area contributed by atoms with Gasteiger partial charge in [0.25, 0.3) is 5.69 Å². The maximum Gasteiger partial charge on any atom is 0.301 e. The van der Waals surface area contributed by atoms with Crippen LogP contribution in [0.25, 0.3) is 0 Å². The Labute approximate surface area is 143 Å². The molecule has 0 radical (unpaired) electrons. The van der Waals surface area contributed by atoms with Crippen LogP contribution in [0.4, 0.5) is 17.1 Å². The van der Waals surface area contributed by atoms with Gasteiger partial charge in [-0.2, -0.15) is 5.10 Å². The molecule has 9 heteroatoms. The van der Waals surface area contributed by atoms with Gasteiger partial charge in [-0.15, -0.1) is 0 Å². The Hall–Kier alpha value is -3.23. The minimum absolute atomic E-state index is 0.0464. The van der Waals surface area contributed by atoms with E-state index in [9.17, 15) is 20.2 Å². The highest BCUT2D eigenvalue weighted by Crippen LogP contribution is 2.41. The quantitative estimate of drug-likeness (QED) is 0.377. The third-order valence-electron chi connectivity index (χ3n) is 4.41. The van der Waals surface area contributed by atoms with E-state index in [2.05, 4.69) is 16.6 Å². The molecule has 1 aromatic rings. The van der Waals surface area contributed by atoms with Crippen LogP contribution in [0, 0.1) is 25.6 Å². The number of ether oxygens (including phenoxy) is 1. The Morgan fingerprint density at radius 1 is 1.36 bits per heavy atom. The zero-order valence-electron chi connectivity index (χ0n) is 13.4. The van der Waals surface area contributed by atoms with Crippen LogP contribution in [-0.2, 0) is 4.74 Å². The summed E-state index contributed by atoms with van der Waals surface area (Å²) >= 11 is 0. The molecule has 130 valence electrons. The zero-order chi connectivity index (χ0) is 18.0. The molecule has 3 rings (SSSR count). The summed E-state index contributed by atoms with van der Waals surface area (Å²) in [5.41, 5.74) is 2.82. The molecule has 1 heterocycles. The van der Waals surface area contributed by atoms with Crippen molar-refractivity contribution in [2.75, 3.05) is 5.43 Å². The number of nitrogens with zero attached hydrogens (tertiary/aromatic N) is 3. The molecular weight excluding hydrogens is 328 g/mol. The SMILES string of the molecule is CC1=CC[C@@]2(/C=N/Nc3ccc([N+](=O)[O-])cc3[N+](=O)[O-])C=CO[C@H]2C1. The number of hydrogen-bond donors (Lipinski definition) is 1. The van der Waals surface area contributed by atoms with Crippen molar-refractivity contribution >= 4 is 23.3 Å². The number of hydrazone groups is 1. The number of benzene rings is 1. The molecule has 0 amide bonds. The number of fused-ring (bicyclic) bond motifs is 1. The van der Waals surface area contributed by atoms with E-state index in [1.54, 1.807) is 12.5 Å². The van der Waals surface area contributed by atoms with Gasteiger partial charge in [-0.1, -0.05) is 11.6 Å². The Morgan fingerprint density at radius 3 is 2.88 bits per heavy atom. The average molecular weight is 344 g/mol. The van der Waals surface area contributed by atoms with Gasteiger partial charge in [0.15, 0.2) is 0 Å². The van der Waals surface area contributed by atoms with Crippen LogP contribution in [0.15, 0.2) is 47.3 Å². The molecule has 0 saturated heterocycles. The van der Waals surface area contributed by atoms with E-state index < -0.39 is 15.5 Å². The van der Waals surface area contributed by atoms with Crippen LogP contribution in [0.3, 0.4) is 0 Å². The highest BCUT2D eigenvalue weighted by atomic mass is 16.6. The maximum absolute atomic E-state index is 11.1. The van der Waals surface area contributed by atoms with Crippen LogP contribution < -0.4 is 5.43 Å². The molecule has 9 nitrogen and oxygen atoms in total. The van der Waals surface area contributed by atoms with Crippen molar-refractivity contribution < 1.29 is 14.6 Å². The van der Waals surface area contributed by atoms with Gasteiger partial charge >= 0.3 is 5.69 Å². The zero-order valence-corrected chi connectivity index (χ0v) is 13.4. The first-order valence-corrected chi connectivity index (χ1v) is 7.63. The van der Waals surface area contributed by atoms with Crippen molar-refractivity contribution in [2.45, 2.75) is 25.9 Å². The van der Waals surface area contributed by atoms with E-state index in [1.165, 1.54) is 17.7 Å². The Balaban J connectivity index is 1.81. The summed E-state index contributed by atoms with van der Waals surface area (Å²) in [4.78, 5) is 20.5. The Morgan fingerprint density at radius 2 is 2.16 bits per heavy atom. The van der Waals surface area contributed by atoms with E-state index in [4.69, 9.17) is 4.74 Å². The minimum Gasteiger partial charge on any atom is -0.497 e. The van der Waals surface area contributed by atoms with E-state index in [0.717, 1.165) is 18.9 Å². The topological polar surface area (TPSA) is 120 Å². The van der Waals surface area contributed by atoms with Crippen molar-refractivity contribution in [3.8, 4) is 0 Å². The molecule has 1 aromatic carbocycles. The van der Waals surface area contributed by atoms with Crippen LogP contribution in [0.1, 0.15) is 19.8 Å². The molecular formula is C16H16N4O5. The normalized spacial score (nSPS) is 24.5. The summed E-state index contributed by atoms with van der Waals surface area (Å²) in [5, 5.41) is 26.0. The first kappa shape index (κ1) is 16.6. The van der Waals surface area contributed by atoms with Gasteiger partial charge in [0.2, 0.25) is 0 Å². The number of anilines is 1. The van der Waals surface area contributed by atoms with Gasteiger partial charge in [-0.25, -0.2) is 0 Å². The third-order valence-corrected chi connectivity index (χ3v) is 4.41. The molecule has 1 aliphatic carbocycles. The molecule has 2 atom stereocenters. The van der Waals surface area contributed by atoms with Gasteiger partial charge in [-0.3, -0.25) is 25.7 Å². The van der Waals surface area contributed by atoms with E-state index in [-0.39, 0.29) is 22.9 Å². The van der Waals surface area contributed by atoms with E-state index in [0.29, 0.717) is 0 Å². The highest BCUT2D eigenvalue weighted by Gasteiger charge is 2.41. The summed E-state index contributed by atoms with van der Waals surface area (Å²) in [7, 11) is 0. The minimum atomic E-state index is -0.683. The van der Waals surface area contributed by atoms with Crippen molar-refractivity contribution in [1.29, 1.82) is 0 Å². The Kier molecular flexibility index (Phi) is 4.22. The monoisotopic (exact) mass is 344 g/mol. The molecule has 2 aliphatic rings. The van der Waals surface area contributed by atoms with Crippen LogP contribution in [0.5, 0.6) is 0 Å². The second kappa shape index (κ2) is 6.34. The van der Waals surface area contributed by atoms with Gasteiger partial charge in [0, 0.05) is 18.7 Å². The summed E-state index contributed by atoms with van der Waals surface area (Å²) in [5.74, 6) is 0. The molecule has 0 bridgehead atoms. The number of non-ortho nitro benzene ring substituents is 1. The van der Waals surface area contributed by atoms with Crippen LogP contribution in [0.2, 0.25) is 0 Å². The molecule has 0 spiro atoms. The molecule has 25 heavy (non-hydrogen) atoms.